The van der Waals surface area contributed by atoms with Crippen LogP contribution in [-0.2, 0) is 0 Å². The van der Waals surface area contributed by atoms with E-state index in [0.29, 0.717) is 17.0 Å². The van der Waals surface area contributed by atoms with E-state index < -0.39 is 0 Å². The molecule has 3 nitrogen and oxygen atoms in total. The van der Waals surface area contributed by atoms with Crippen LogP contribution in [0.25, 0.3) is 0 Å². The highest BCUT2D eigenvalue weighted by atomic mass is 16.2. The number of benzene rings is 1. The maximum atomic E-state index is 12.7. The Morgan fingerprint density at radius 2 is 1.71 bits per heavy atom. The van der Waals surface area contributed by atoms with Crippen LogP contribution >= 0.6 is 0 Å². The van der Waals surface area contributed by atoms with Crippen molar-refractivity contribution in [1.82, 2.24) is 4.90 Å². The molecule has 1 aliphatic heterocycles. The van der Waals surface area contributed by atoms with E-state index >= 15 is 0 Å². The lowest BCUT2D eigenvalue weighted by atomic mass is 9.75. The molecule has 0 radical (unpaired) electrons. The highest BCUT2D eigenvalue weighted by molar-refractivity contribution is 5.96. The van der Waals surface area contributed by atoms with Crippen LogP contribution in [0.15, 0.2) is 12.1 Å². The number of aryl methyl sites for hydroxylation is 2. The smallest absolute Gasteiger partial charge is 0.254 e. The summed E-state index contributed by atoms with van der Waals surface area (Å²) < 4.78 is 0. The average molecular weight is 288 g/mol. The van der Waals surface area contributed by atoms with Gasteiger partial charge in [-0.15, -0.1) is 0 Å². The van der Waals surface area contributed by atoms with E-state index in [2.05, 4.69) is 20.8 Å². The lowest BCUT2D eigenvalue weighted by molar-refractivity contribution is 0.0608. The molecule has 0 aliphatic carbocycles. The Bertz CT molecular complexity index is 535. The Morgan fingerprint density at radius 3 is 2.24 bits per heavy atom. The average Bonchev–Trinajstić information content (AvgIpc) is 2.41. The minimum Gasteiger partial charge on any atom is -0.398 e. The zero-order chi connectivity index (χ0) is 15.8. The second-order valence-corrected chi connectivity index (χ2v) is 7.46. The lowest BCUT2D eigenvalue weighted by Crippen LogP contribution is -2.41. The Morgan fingerprint density at radius 1 is 1.14 bits per heavy atom. The fourth-order valence-electron chi connectivity index (χ4n) is 3.22. The first-order valence-electron chi connectivity index (χ1n) is 7.86. The van der Waals surface area contributed by atoms with Crippen LogP contribution in [0.1, 0.15) is 55.1 Å². The molecule has 2 rings (SSSR count). The molecule has 1 amide bonds. The third kappa shape index (κ3) is 3.39. The van der Waals surface area contributed by atoms with Crippen LogP contribution in [0.4, 0.5) is 5.69 Å². The molecule has 1 aromatic carbocycles. The highest BCUT2D eigenvalue weighted by Crippen LogP contribution is 2.34. The number of carbonyl (C=O) groups is 1. The first-order chi connectivity index (χ1) is 9.70. The van der Waals surface area contributed by atoms with Gasteiger partial charge in [-0.3, -0.25) is 4.79 Å². The van der Waals surface area contributed by atoms with Crippen LogP contribution in [0.2, 0.25) is 0 Å². The van der Waals surface area contributed by atoms with E-state index in [1.807, 2.05) is 30.9 Å². The van der Waals surface area contributed by atoms with Gasteiger partial charge in [-0.1, -0.05) is 26.8 Å². The number of likely N-dealkylation sites (tertiary alicyclic amines) is 1. The van der Waals surface area contributed by atoms with Crippen LogP contribution in [0.3, 0.4) is 0 Å². The number of amides is 1. The van der Waals surface area contributed by atoms with Crippen molar-refractivity contribution in [2.75, 3.05) is 18.8 Å². The van der Waals surface area contributed by atoms with Crippen molar-refractivity contribution in [2.45, 2.75) is 47.5 Å². The summed E-state index contributed by atoms with van der Waals surface area (Å²) in [5.41, 5.74) is 9.81. The first kappa shape index (κ1) is 15.9. The summed E-state index contributed by atoms with van der Waals surface area (Å²) in [4.78, 5) is 14.7. The van der Waals surface area contributed by atoms with E-state index in [9.17, 15) is 4.79 Å². The van der Waals surface area contributed by atoms with Crippen molar-refractivity contribution in [2.24, 2.45) is 11.3 Å². The number of rotatable bonds is 1. The van der Waals surface area contributed by atoms with Gasteiger partial charge >= 0.3 is 0 Å². The fraction of sp³-hybridized carbons (Fsp3) is 0.611. The molecule has 0 spiro atoms. The van der Waals surface area contributed by atoms with Crippen molar-refractivity contribution in [1.29, 1.82) is 0 Å². The molecule has 0 saturated carbocycles. The van der Waals surface area contributed by atoms with Gasteiger partial charge in [0.25, 0.3) is 5.91 Å². The highest BCUT2D eigenvalue weighted by Gasteiger charge is 2.31. The van der Waals surface area contributed by atoms with Crippen molar-refractivity contribution in [3.63, 3.8) is 0 Å². The fourth-order valence-corrected chi connectivity index (χ4v) is 3.22. The first-order valence-corrected chi connectivity index (χ1v) is 7.86. The second kappa shape index (κ2) is 5.70. The summed E-state index contributed by atoms with van der Waals surface area (Å²) in [6.07, 6.45) is 2.19. The van der Waals surface area contributed by atoms with Gasteiger partial charge in [-0.2, -0.15) is 0 Å². The third-order valence-corrected chi connectivity index (χ3v) is 4.85. The van der Waals surface area contributed by atoms with Gasteiger partial charge < -0.3 is 10.6 Å². The molecule has 116 valence electrons. The van der Waals surface area contributed by atoms with Crippen LogP contribution < -0.4 is 5.73 Å². The van der Waals surface area contributed by atoms with Crippen LogP contribution in [-0.4, -0.2) is 23.9 Å². The van der Waals surface area contributed by atoms with Gasteiger partial charge in [0.2, 0.25) is 0 Å². The molecule has 1 aliphatic rings. The second-order valence-electron chi connectivity index (χ2n) is 7.46. The van der Waals surface area contributed by atoms with Gasteiger partial charge in [0.1, 0.15) is 0 Å². The van der Waals surface area contributed by atoms with Gasteiger partial charge in [0.05, 0.1) is 0 Å². The van der Waals surface area contributed by atoms with Gasteiger partial charge in [0.15, 0.2) is 0 Å². The summed E-state index contributed by atoms with van der Waals surface area (Å²) in [7, 11) is 0. The monoisotopic (exact) mass is 288 g/mol. The molecule has 0 unspecified atom stereocenters. The minimum atomic E-state index is 0.131. The predicted octanol–water partition coefficient (Wildman–Crippen LogP) is 3.78. The van der Waals surface area contributed by atoms with E-state index in [-0.39, 0.29) is 5.91 Å². The SMILES string of the molecule is Cc1cc(C)c(C(=O)N2CCC(C(C)(C)C)CC2)cc1N. The Hall–Kier alpha value is -1.51. The van der Waals surface area contributed by atoms with E-state index in [1.165, 1.54) is 0 Å². The number of hydrogen-bond donors (Lipinski definition) is 1. The predicted molar refractivity (Wildman–Crippen MR) is 88.4 cm³/mol. The maximum absolute atomic E-state index is 12.7. The summed E-state index contributed by atoms with van der Waals surface area (Å²) in [6, 6.07) is 3.84. The lowest BCUT2D eigenvalue weighted by Gasteiger charge is -2.39. The number of anilines is 1. The number of nitrogen functional groups attached to an aromatic ring is 1. The topological polar surface area (TPSA) is 46.3 Å². The van der Waals surface area contributed by atoms with Crippen molar-refractivity contribution in [3.8, 4) is 0 Å². The van der Waals surface area contributed by atoms with Crippen molar-refractivity contribution >= 4 is 11.6 Å². The summed E-state index contributed by atoms with van der Waals surface area (Å²) in [6.45, 7) is 12.6. The molecule has 1 fully saturated rings. The molecule has 1 aromatic rings. The molecule has 0 bridgehead atoms. The number of carbonyl (C=O) groups excluding carboxylic acids is 1. The Kier molecular flexibility index (Phi) is 4.31. The van der Waals surface area contributed by atoms with Gasteiger partial charge in [0, 0.05) is 24.3 Å². The van der Waals surface area contributed by atoms with E-state index in [4.69, 9.17) is 5.73 Å². The summed E-state index contributed by atoms with van der Waals surface area (Å²) in [5.74, 6) is 0.831. The van der Waals surface area contributed by atoms with Gasteiger partial charge in [-0.25, -0.2) is 0 Å². The standard InChI is InChI=1S/C18H28N2O/c1-12-10-13(2)16(19)11-15(12)17(21)20-8-6-14(7-9-20)18(3,4)5/h10-11,14H,6-9,19H2,1-5H3. The van der Waals surface area contributed by atoms with Gasteiger partial charge in [-0.05, 0) is 55.2 Å². The molecule has 0 atom stereocenters. The normalized spacial score (nSPS) is 17.1. The quantitative estimate of drug-likeness (QED) is 0.799. The van der Waals surface area contributed by atoms with Crippen LogP contribution in [0.5, 0.6) is 0 Å². The molecule has 2 N–H and O–H groups in total. The van der Waals surface area contributed by atoms with Crippen molar-refractivity contribution in [3.05, 3.63) is 28.8 Å². The largest absolute Gasteiger partial charge is 0.398 e. The summed E-state index contributed by atoms with van der Waals surface area (Å²) in [5, 5.41) is 0. The third-order valence-electron chi connectivity index (χ3n) is 4.85. The van der Waals surface area contributed by atoms with Crippen LogP contribution in [0, 0.1) is 25.2 Å². The van der Waals surface area contributed by atoms with Crippen molar-refractivity contribution < 1.29 is 4.79 Å². The molecule has 3 heteroatoms. The Balaban J connectivity index is 2.11. The Labute approximate surface area is 128 Å². The van der Waals surface area contributed by atoms with E-state index in [0.717, 1.165) is 42.6 Å². The molecular formula is C18H28N2O. The molecule has 1 heterocycles. The number of piperidine rings is 1. The maximum Gasteiger partial charge on any atom is 0.254 e. The molecular weight excluding hydrogens is 260 g/mol. The number of nitrogens with zero attached hydrogens (tertiary/aromatic N) is 1. The zero-order valence-corrected chi connectivity index (χ0v) is 14.0. The number of nitrogens with two attached hydrogens (primary N) is 1. The molecule has 21 heavy (non-hydrogen) atoms. The molecule has 0 aromatic heterocycles. The minimum absolute atomic E-state index is 0.131. The zero-order valence-electron chi connectivity index (χ0n) is 14.0. The number of hydrogen-bond acceptors (Lipinski definition) is 2. The summed E-state index contributed by atoms with van der Waals surface area (Å²) >= 11 is 0. The van der Waals surface area contributed by atoms with E-state index in [1.54, 1.807) is 0 Å². The molecule has 1 saturated heterocycles.